The second-order valence-electron chi connectivity index (χ2n) is 7.37. The Labute approximate surface area is 178 Å². The smallest absolute Gasteiger partial charge is 0.377 e. The van der Waals surface area contributed by atoms with Crippen LogP contribution < -0.4 is 10.1 Å². The average Bonchev–Trinajstić information content (AvgIpc) is 2.71. The highest BCUT2D eigenvalue weighted by Crippen LogP contribution is 2.29. The van der Waals surface area contributed by atoms with E-state index < -0.39 is 8.80 Å². The quantitative estimate of drug-likeness (QED) is 0.478. The number of carbonyl (C=O) groups is 1. The molecule has 0 aliphatic heterocycles. The highest BCUT2D eigenvalue weighted by molar-refractivity contribution is 6.62. The third-order valence-corrected chi connectivity index (χ3v) is 9.23. The van der Waals surface area contributed by atoms with Crippen molar-refractivity contribution in [2.75, 3.05) is 40.3 Å². The lowest BCUT2D eigenvalue weighted by Gasteiger charge is -2.30. The number of hydrogen-bond donors (Lipinski definition) is 0. The van der Waals surface area contributed by atoms with E-state index in [9.17, 15) is 4.79 Å². The minimum Gasteiger partial charge on any atom is -0.377 e. The second-order valence-corrected chi connectivity index (χ2v) is 11.2. The first-order chi connectivity index (χ1) is 13.6. The first kappa shape index (κ1) is 23.5. The van der Waals surface area contributed by atoms with Gasteiger partial charge >= 0.3 is 8.80 Å². The van der Waals surface area contributed by atoms with Crippen LogP contribution in [0.15, 0.2) is 30.3 Å². The summed E-state index contributed by atoms with van der Waals surface area (Å²) in [4.78, 5) is 15.3. The van der Waals surface area contributed by atoms with Crippen LogP contribution in [0.1, 0.15) is 45.1 Å². The van der Waals surface area contributed by atoms with Crippen LogP contribution in [-0.2, 0) is 13.3 Å². The highest BCUT2D eigenvalue weighted by Gasteiger charge is 2.45. The van der Waals surface area contributed by atoms with E-state index in [0.717, 1.165) is 27.6 Å². The van der Waals surface area contributed by atoms with E-state index >= 15 is 0 Å². The number of anilines is 1. The summed E-state index contributed by atoms with van der Waals surface area (Å²) in [6, 6.07) is 9.53. The second kappa shape index (κ2) is 9.36. The molecule has 2 aromatic rings. The van der Waals surface area contributed by atoms with Gasteiger partial charge in [-0.3, -0.25) is 4.79 Å². The Bertz CT molecular complexity index is 869. The zero-order chi connectivity index (χ0) is 21.9. The van der Waals surface area contributed by atoms with Crippen molar-refractivity contribution >= 4 is 35.7 Å². The predicted molar refractivity (Wildman–Crippen MR) is 121 cm³/mol. The minimum absolute atomic E-state index is 0.0144. The summed E-state index contributed by atoms with van der Waals surface area (Å²) in [5, 5.41) is 0.825. The van der Waals surface area contributed by atoms with E-state index in [2.05, 4.69) is 15.1 Å². The Morgan fingerprint density at radius 2 is 1.55 bits per heavy atom. The first-order valence-electron chi connectivity index (χ1n) is 9.46. The van der Waals surface area contributed by atoms with Crippen LogP contribution in [0.4, 0.5) is 5.69 Å². The van der Waals surface area contributed by atoms with E-state index in [1.165, 1.54) is 0 Å². The van der Waals surface area contributed by atoms with Crippen LogP contribution in [0.3, 0.4) is 0 Å². The lowest BCUT2D eigenvalue weighted by Crippen LogP contribution is -2.48. The molecule has 0 N–H and O–H groups in total. The number of ketones is 1. The molecule has 0 aliphatic carbocycles. The van der Waals surface area contributed by atoms with Gasteiger partial charge in [0.05, 0.1) is 15.8 Å². The molecule has 0 spiro atoms. The van der Waals surface area contributed by atoms with Crippen molar-refractivity contribution in [1.29, 1.82) is 0 Å². The van der Waals surface area contributed by atoms with Crippen LogP contribution in [0.2, 0.25) is 0 Å². The number of nitrogens with zero attached hydrogens (tertiary/aromatic N) is 1. The molecule has 29 heavy (non-hydrogen) atoms. The summed E-state index contributed by atoms with van der Waals surface area (Å²) in [6.07, 6.45) is 0. The molecule has 0 aromatic heterocycles. The van der Waals surface area contributed by atoms with Gasteiger partial charge in [-0.05, 0) is 36.6 Å². The predicted octanol–water partition coefficient (Wildman–Crippen LogP) is 2.92. The highest BCUT2D eigenvalue weighted by atomic mass is 28.4. The molecule has 1 unspecified atom stereocenters. The van der Waals surface area contributed by atoms with Crippen LogP contribution in [-0.4, -0.2) is 60.3 Å². The molecule has 0 bridgehead atoms. The largest absolute Gasteiger partial charge is 0.507 e. The number of carbonyl (C=O) groups excluding carboxylic acids is 1. The fraction of sp³-hybridized carbons (Fsp3) is 0.409. The Hall–Kier alpha value is -1.78. The summed E-state index contributed by atoms with van der Waals surface area (Å²) < 4.78 is 16.8. The lowest BCUT2D eigenvalue weighted by molar-refractivity contribution is 0.103. The Balaban J connectivity index is 2.39. The van der Waals surface area contributed by atoms with Crippen molar-refractivity contribution in [3.05, 3.63) is 58.1 Å². The van der Waals surface area contributed by atoms with E-state index in [1.54, 1.807) is 21.3 Å². The van der Waals surface area contributed by atoms with Gasteiger partial charge in [0.1, 0.15) is 0 Å². The van der Waals surface area contributed by atoms with Gasteiger partial charge in [0.15, 0.2) is 5.78 Å². The number of hydrogen-bond acceptors (Lipinski definition) is 5. The third-order valence-electron chi connectivity index (χ3n) is 5.48. The van der Waals surface area contributed by atoms with Gasteiger partial charge in [0.2, 0.25) is 0 Å². The van der Waals surface area contributed by atoms with Crippen molar-refractivity contribution in [3.63, 3.8) is 0 Å². The van der Waals surface area contributed by atoms with Crippen molar-refractivity contribution in [1.82, 2.24) is 0 Å². The summed E-state index contributed by atoms with van der Waals surface area (Å²) in [6.45, 7) is 6.07. The minimum atomic E-state index is -2.81. The molecule has 7 heteroatoms. The van der Waals surface area contributed by atoms with Gasteiger partial charge in [0.25, 0.3) is 0 Å². The molecule has 0 fully saturated rings. The Morgan fingerprint density at radius 1 is 1.03 bits per heavy atom. The van der Waals surface area contributed by atoms with Crippen molar-refractivity contribution in [2.45, 2.75) is 26.3 Å². The van der Waals surface area contributed by atoms with E-state index in [1.807, 2.05) is 65.2 Å². The van der Waals surface area contributed by atoms with E-state index in [0.29, 0.717) is 11.1 Å². The van der Waals surface area contributed by atoms with Gasteiger partial charge in [-0.1, -0.05) is 36.4 Å². The molecular weight excluding hydrogens is 398 g/mol. The maximum atomic E-state index is 13.2. The summed E-state index contributed by atoms with van der Waals surface area (Å²) in [5.74, 6) is -0.0144. The van der Waals surface area contributed by atoms with Crippen LogP contribution in [0, 0.1) is 13.8 Å². The molecule has 0 saturated carbocycles. The van der Waals surface area contributed by atoms with Crippen molar-refractivity contribution in [2.24, 2.45) is 0 Å². The zero-order valence-corrected chi connectivity index (χ0v) is 20.5. The Morgan fingerprint density at radius 3 is 2.00 bits per heavy atom. The molecule has 0 amide bonds. The van der Waals surface area contributed by atoms with Crippen LogP contribution in [0.5, 0.6) is 0 Å². The molecule has 155 valence electrons. The normalized spacial score (nSPS) is 12.7. The third kappa shape index (κ3) is 4.39. The molecule has 0 saturated heterocycles. The molecule has 2 aromatic carbocycles. The monoisotopic (exact) mass is 428 g/mol. The van der Waals surface area contributed by atoms with Crippen LogP contribution >= 0.6 is 0 Å². The van der Waals surface area contributed by atoms with Crippen molar-refractivity contribution < 1.29 is 18.1 Å². The average molecular weight is 429 g/mol. The van der Waals surface area contributed by atoms with E-state index in [-0.39, 0.29) is 11.3 Å². The van der Waals surface area contributed by atoms with Crippen LogP contribution in [0.25, 0.3) is 0 Å². The van der Waals surface area contributed by atoms with Gasteiger partial charge in [-0.2, -0.15) is 0 Å². The number of rotatable bonds is 8. The zero-order valence-electron chi connectivity index (χ0n) is 18.5. The fourth-order valence-corrected chi connectivity index (χ4v) is 6.37. The molecule has 0 heterocycles. The number of benzene rings is 2. The standard InChI is InChI=1S/C22H30NO4Si2/c1-14-13-19(22(28)15(2)20(14)23(4)5)21(24)18-11-9-17(10-12-18)16(3)29(25-6,26-7)27-8/h9-13,16H,1-8H3. The van der Waals surface area contributed by atoms with Gasteiger partial charge < -0.3 is 18.2 Å². The molecule has 3 radical (unpaired) electrons. The molecular formula is C22H30NO4Si2. The van der Waals surface area contributed by atoms with Crippen molar-refractivity contribution in [3.8, 4) is 0 Å². The molecule has 5 nitrogen and oxygen atoms in total. The molecule has 1 atom stereocenters. The Kier molecular flexibility index (Phi) is 7.58. The maximum Gasteiger partial charge on any atom is 0.507 e. The first-order valence-corrected chi connectivity index (χ1v) is 11.8. The summed E-state index contributed by atoms with van der Waals surface area (Å²) >= 11 is 0. The van der Waals surface area contributed by atoms with Gasteiger partial charge in [-0.25, -0.2) is 0 Å². The van der Waals surface area contributed by atoms with Gasteiger partial charge in [-0.15, -0.1) is 0 Å². The van der Waals surface area contributed by atoms with E-state index in [4.69, 9.17) is 13.3 Å². The fourth-order valence-electron chi connectivity index (χ4n) is 3.90. The SMILES string of the molecule is CO[Si](OC)(OC)C(C)c1ccc(C(=O)c2cc(C)c(N(C)C)c(C)c2[Si])cc1. The topological polar surface area (TPSA) is 48.0 Å². The summed E-state index contributed by atoms with van der Waals surface area (Å²) in [5.41, 5.74) is 5.49. The number of aryl methyl sites for hydroxylation is 1. The van der Waals surface area contributed by atoms with Gasteiger partial charge in [0, 0.05) is 52.2 Å². The maximum absolute atomic E-state index is 13.2. The molecule has 2 rings (SSSR count). The molecule has 0 aliphatic rings. The lowest BCUT2D eigenvalue weighted by atomic mass is 9.96. The summed E-state index contributed by atoms with van der Waals surface area (Å²) in [7, 11) is 9.71.